The molecule has 1 heterocycles. The molecule has 3 aromatic rings. The summed E-state index contributed by atoms with van der Waals surface area (Å²) in [5, 5.41) is 6.61. The summed E-state index contributed by atoms with van der Waals surface area (Å²) >= 11 is 0. The van der Waals surface area contributed by atoms with E-state index < -0.39 is 22.0 Å². The average Bonchev–Trinajstić information content (AvgIpc) is 3.25. The van der Waals surface area contributed by atoms with E-state index >= 15 is 0 Å². The van der Waals surface area contributed by atoms with Crippen molar-refractivity contribution in [3.63, 3.8) is 0 Å². The van der Waals surface area contributed by atoms with Crippen LogP contribution in [0.2, 0.25) is 0 Å². The van der Waals surface area contributed by atoms with E-state index in [1.54, 1.807) is 31.2 Å². The molecule has 0 saturated carbocycles. The van der Waals surface area contributed by atoms with E-state index in [2.05, 4.69) is 15.5 Å². The zero-order chi connectivity index (χ0) is 22.4. The monoisotopic (exact) mass is 444 g/mol. The van der Waals surface area contributed by atoms with Crippen LogP contribution in [-0.4, -0.2) is 43.9 Å². The highest BCUT2D eigenvalue weighted by Gasteiger charge is 2.31. The van der Waals surface area contributed by atoms with E-state index in [0.29, 0.717) is 17.3 Å². The summed E-state index contributed by atoms with van der Waals surface area (Å²) in [6, 6.07) is 14.8. The Morgan fingerprint density at radius 2 is 1.84 bits per heavy atom. The van der Waals surface area contributed by atoms with Gasteiger partial charge in [-0.25, -0.2) is 8.42 Å². The third-order valence-electron chi connectivity index (χ3n) is 4.57. The number of nitrogens with one attached hydrogen (secondary N) is 1. The van der Waals surface area contributed by atoms with Crippen molar-refractivity contribution in [3.05, 3.63) is 60.5 Å². The topological polar surface area (TPSA) is 115 Å². The van der Waals surface area contributed by atoms with Crippen LogP contribution in [-0.2, 0) is 21.4 Å². The van der Waals surface area contributed by atoms with Gasteiger partial charge in [0.05, 0.1) is 25.6 Å². The van der Waals surface area contributed by atoms with E-state index in [-0.39, 0.29) is 18.9 Å². The number of nitrogens with zero attached hydrogens (tertiary/aromatic N) is 3. The standard InChI is InChI=1S/C21H24N4O5S/c1-4-18(25(31(3,27)28)16-10-12-17(29-2)13-11-16)21(26)22-14-19-23-20(24-30-19)15-8-6-5-7-9-15/h5-13,18H,4,14H2,1-3H3,(H,22,26)/t18-/m1/s1. The van der Waals surface area contributed by atoms with E-state index in [4.69, 9.17) is 9.26 Å². The summed E-state index contributed by atoms with van der Waals surface area (Å²) in [5.74, 6) is 0.744. The van der Waals surface area contributed by atoms with Crippen molar-refractivity contribution in [2.45, 2.75) is 25.9 Å². The molecule has 0 bridgehead atoms. The molecule has 0 fully saturated rings. The zero-order valence-electron chi connectivity index (χ0n) is 17.5. The molecule has 1 amide bonds. The highest BCUT2D eigenvalue weighted by atomic mass is 32.2. The predicted molar refractivity (Wildman–Crippen MR) is 116 cm³/mol. The van der Waals surface area contributed by atoms with Crippen molar-refractivity contribution in [2.24, 2.45) is 0 Å². The Balaban J connectivity index is 1.75. The van der Waals surface area contributed by atoms with Crippen LogP contribution in [0.3, 0.4) is 0 Å². The Kier molecular flexibility index (Phi) is 6.91. The number of sulfonamides is 1. The van der Waals surface area contributed by atoms with Gasteiger partial charge < -0.3 is 14.6 Å². The summed E-state index contributed by atoms with van der Waals surface area (Å²) in [6.45, 7) is 1.72. The quantitative estimate of drug-likeness (QED) is 0.539. The maximum atomic E-state index is 12.9. The van der Waals surface area contributed by atoms with Crippen molar-refractivity contribution >= 4 is 21.6 Å². The fourth-order valence-corrected chi connectivity index (χ4v) is 4.31. The smallest absolute Gasteiger partial charge is 0.246 e. The molecule has 0 aliphatic carbocycles. The number of anilines is 1. The van der Waals surface area contributed by atoms with Gasteiger partial charge in [0.15, 0.2) is 0 Å². The van der Waals surface area contributed by atoms with Gasteiger partial charge in [-0.2, -0.15) is 4.98 Å². The summed E-state index contributed by atoms with van der Waals surface area (Å²) in [6.07, 6.45) is 1.33. The molecular weight excluding hydrogens is 420 g/mol. The summed E-state index contributed by atoms with van der Waals surface area (Å²) < 4.78 is 36.4. The normalized spacial score (nSPS) is 12.2. The fourth-order valence-electron chi connectivity index (χ4n) is 3.10. The Morgan fingerprint density at radius 3 is 2.42 bits per heavy atom. The van der Waals surface area contributed by atoms with Crippen molar-refractivity contribution in [2.75, 3.05) is 17.7 Å². The lowest BCUT2D eigenvalue weighted by Crippen LogP contribution is -2.49. The first-order valence-electron chi connectivity index (χ1n) is 9.62. The molecule has 1 N–H and O–H groups in total. The van der Waals surface area contributed by atoms with Gasteiger partial charge in [0, 0.05) is 5.56 Å². The van der Waals surface area contributed by atoms with Crippen molar-refractivity contribution in [1.29, 1.82) is 0 Å². The van der Waals surface area contributed by atoms with Crippen molar-refractivity contribution in [3.8, 4) is 17.1 Å². The molecule has 9 nitrogen and oxygen atoms in total. The molecule has 10 heteroatoms. The van der Waals surface area contributed by atoms with E-state index in [1.165, 1.54) is 7.11 Å². The molecule has 1 atom stereocenters. The molecule has 0 aliphatic heterocycles. The molecule has 1 aromatic heterocycles. The lowest BCUT2D eigenvalue weighted by Gasteiger charge is -2.30. The molecular formula is C21H24N4O5S. The molecule has 2 aromatic carbocycles. The Labute approximate surface area is 181 Å². The number of amides is 1. The first kappa shape index (κ1) is 22.3. The lowest BCUT2D eigenvalue weighted by molar-refractivity contribution is -0.122. The molecule has 0 unspecified atom stereocenters. The number of rotatable bonds is 9. The van der Waals surface area contributed by atoms with Crippen LogP contribution >= 0.6 is 0 Å². The second-order valence-electron chi connectivity index (χ2n) is 6.78. The molecule has 31 heavy (non-hydrogen) atoms. The number of ether oxygens (including phenoxy) is 1. The van der Waals surface area contributed by atoms with Crippen LogP contribution in [0.4, 0.5) is 5.69 Å². The number of aromatic nitrogens is 2. The van der Waals surface area contributed by atoms with E-state index in [1.807, 2.05) is 30.3 Å². The Hall–Kier alpha value is -3.40. The lowest BCUT2D eigenvalue weighted by atomic mass is 10.2. The average molecular weight is 445 g/mol. The van der Waals surface area contributed by atoms with Crippen LogP contribution in [0.1, 0.15) is 19.2 Å². The van der Waals surface area contributed by atoms with Gasteiger partial charge in [-0.05, 0) is 30.7 Å². The third kappa shape index (κ3) is 5.40. The largest absolute Gasteiger partial charge is 0.497 e. The molecule has 0 spiro atoms. The summed E-state index contributed by atoms with van der Waals surface area (Å²) in [7, 11) is -2.21. The minimum Gasteiger partial charge on any atom is -0.497 e. The first-order chi connectivity index (χ1) is 14.8. The van der Waals surface area contributed by atoms with Gasteiger partial charge in [-0.1, -0.05) is 42.4 Å². The SMILES string of the molecule is CC[C@H](C(=O)NCc1nc(-c2ccccc2)no1)N(c1ccc(OC)cc1)S(C)(=O)=O. The highest BCUT2D eigenvalue weighted by molar-refractivity contribution is 7.92. The van der Waals surface area contributed by atoms with Crippen LogP contribution in [0.5, 0.6) is 5.75 Å². The van der Waals surface area contributed by atoms with Gasteiger partial charge in [0.1, 0.15) is 11.8 Å². The van der Waals surface area contributed by atoms with Gasteiger partial charge in [0.25, 0.3) is 0 Å². The number of carbonyl (C=O) groups excluding carboxylic acids is 1. The highest BCUT2D eigenvalue weighted by Crippen LogP contribution is 2.25. The van der Waals surface area contributed by atoms with Gasteiger partial charge in [-0.15, -0.1) is 0 Å². The molecule has 0 saturated heterocycles. The third-order valence-corrected chi connectivity index (χ3v) is 5.75. The minimum absolute atomic E-state index is 0.0185. The van der Waals surface area contributed by atoms with Gasteiger partial charge in [-0.3, -0.25) is 9.10 Å². The Morgan fingerprint density at radius 1 is 1.16 bits per heavy atom. The number of methoxy groups -OCH3 is 1. The fraction of sp³-hybridized carbons (Fsp3) is 0.286. The van der Waals surface area contributed by atoms with Crippen LogP contribution < -0.4 is 14.4 Å². The van der Waals surface area contributed by atoms with Crippen LogP contribution in [0.25, 0.3) is 11.4 Å². The predicted octanol–water partition coefficient (Wildman–Crippen LogP) is 2.61. The number of benzene rings is 2. The van der Waals surface area contributed by atoms with E-state index in [0.717, 1.165) is 16.1 Å². The molecule has 164 valence electrons. The number of hydrogen-bond donors (Lipinski definition) is 1. The van der Waals surface area contributed by atoms with Crippen molar-refractivity contribution < 1.29 is 22.5 Å². The molecule has 0 radical (unpaired) electrons. The number of hydrogen-bond acceptors (Lipinski definition) is 7. The van der Waals surface area contributed by atoms with Crippen LogP contribution in [0, 0.1) is 0 Å². The van der Waals surface area contributed by atoms with Gasteiger partial charge in [0.2, 0.25) is 27.6 Å². The van der Waals surface area contributed by atoms with E-state index in [9.17, 15) is 13.2 Å². The maximum absolute atomic E-state index is 12.9. The Bertz CT molecular complexity index is 1110. The maximum Gasteiger partial charge on any atom is 0.246 e. The number of carbonyl (C=O) groups is 1. The minimum atomic E-state index is -3.73. The second kappa shape index (κ2) is 9.61. The van der Waals surface area contributed by atoms with Crippen LogP contribution in [0.15, 0.2) is 59.1 Å². The molecule has 3 rings (SSSR count). The molecule has 0 aliphatic rings. The first-order valence-corrected chi connectivity index (χ1v) is 11.5. The van der Waals surface area contributed by atoms with Crippen molar-refractivity contribution in [1.82, 2.24) is 15.5 Å². The summed E-state index contributed by atoms with van der Waals surface area (Å²) in [4.78, 5) is 17.1. The van der Waals surface area contributed by atoms with Gasteiger partial charge >= 0.3 is 0 Å². The summed E-state index contributed by atoms with van der Waals surface area (Å²) in [5.41, 5.74) is 1.16. The zero-order valence-corrected chi connectivity index (χ0v) is 18.3. The second-order valence-corrected chi connectivity index (χ2v) is 8.64.